The number of rotatable bonds is 8. The van der Waals surface area contributed by atoms with E-state index in [1.54, 1.807) is 12.3 Å². The third-order valence-corrected chi connectivity index (χ3v) is 5.90. The van der Waals surface area contributed by atoms with Gasteiger partial charge in [0.15, 0.2) is 6.29 Å². The van der Waals surface area contributed by atoms with Gasteiger partial charge in [0.25, 0.3) is 0 Å². The zero-order valence-electron chi connectivity index (χ0n) is 22.4. The van der Waals surface area contributed by atoms with Crippen LogP contribution in [0.5, 0.6) is 11.6 Å². The summed E-state index contributed by atoms with van der Waals surface area (Å²) < 4.78 is 44.7. The van der Waals surface area contributed by atoms with Crippen LogP contribution in [0.15, 0.2) is 60.8 Å². The number of alkyl halides is 3. The summed E-state index contributed by atoms with van der Waals surface area (Å²) in [4.78, 5) is 28.2. The molecule has 40 heavy (non-hydrogen) atoms. The first-order valence-electron chi connectivity index (χ1n) is 12.6. The average molecular weight is 562 g/mol. The highest BCUT2D eigenvalue weighted by Gasteiger charge is 2.30. The van der Waals surface area contributed by atoms with Crippen LogP contribution in [0.1, 0.15) is 34.3 Å². The molecule has 2 aromatic carbocycles. The van der Waals surface area contributed by atoms with Crippen molar-refractivity contribution in [2.24, 2.45) is 5.73 Å². The highest BCUT2D eigenvalue weighted by Crippen LogP contribution is 2.26. The molecule has 0 atom stereocenters. The van der Waals surface area contributed by atoms with Crippen molar-refractivity contribution in [3.63, 3.8) is 0 Å². The summed E-state index contributed by atoms with van der Waals surface area (Å²) in [7, 11) is 3.60. The molecule has 0 aliphatic carbocycles. The number of nitrogens with zero attached hydrogens (tertiary/aromatic N) is 2. The first-order chi connectivity index (χ1) is 19.2. The highest BCUT2D eigenvalue weighted by atomic mass is 19.4. The molecule has 0 bridgehead atoms. The summed E-state index contributed by atoms with van der Waals surface area (Å²) in [5, 5.41) is 9.11. The monoisotopic (exact) mass is 561 g/mol. The van der Waals surface area contributed by atoms with E-state index in [0.29, 0.717) is 23.3 Å². The molecule has 1 aliphatic heterocycles. The Morgan fingerprint density at radius 1 is 1.00 bits per heavy atom. The van der Waals surface area contributed by atoms with Crippen LogP contribution in [-0.4, -0.2) is 67.2 Å². The van der Waals surface area contributed by atoms with Crippen LogP contribution in [0.2, 0.25) is 0 Å². The summed E-state index contributed by atoms with van der Waals surface area (Å²) >= 11 is 0. The van der Waals surface area contributed by atoms with Crippen molar-refractivity contribution >= 4 is 12.6 Å². The Balaban J connectivity index is 0.000000299. The molecule has 11 heteroatoms. The van der Waals surface area contributed by atoms with Crippen molar-refractivity contribution in [3.8, 4) is 22.8 Å². The second-order valence-corrected chi connectivity index (χ2v) is 8.77. The van der Waals surface area contributed by atoms with Crippen LogP contribution < -0.4 is 15.2 Å². The molecule has 1 aliphatic rings. The van der Waals surface area contributed by atoms with Crippen LogP contribution in [-0.2, 0) is 17.8 Å². The quantitative estimate of drug-likeness (QED) is 0.389. The number of aldehydes is 2. The molecule has 2 heterocycles. The molecule has 0 amide bonds. The first-order valence-corrected chi connectivity index (χ1v) is 12.6. The van der Waals surface area contributed by atoms with Gasteiger partial charge in [0, 0.05) is 31.3 Å². The predicted octanol–water partition coefficient (Wildman–Crippen LogP) is 4.43. The third-order valence-electron chi connectivity index (χ3n) is 5.90. The van der Waals surface area contributed by atoms with Gasteiger partial charge < -0.3 is 30.0 Å². The molecule has 0 radical (unpaired) electrons. The number of carbonyl (C=O) groups excluding carboxylic acids is 2. The number of piperidine rings is 1. The Labute approximate surface area is 231 Å². The summed E-state index contributed by atoms with van der Waals surface area (Å²) in [6, 6.07) is 14.5. The lowest BCUT2D eigenvalue weighted by Gasteiger charge is -2.29. The van der Waals surface area contributed by atoms with Crippen molar-refractivity contribution < 1.29 is 37.3 Å². The van der Waals surface area contributed by atoms with Crippen molar-refractivity contribution in [1.29, 1.82) is 0 Å². The molecule has 1 aromatic heterocycles. The second-order valence-electron chi connectivity index (χ2n) is 8.77. The van der Waals surface area contributed by atoms with Crippen molar-refractivity contribution in [3.05, 3.63) is 77.5 Å². The van der Waals surface area contributed by atoms with E-state index < -0.39 is 6.36 Å². The Hall–Kier alpha value is -3.80. The molecule has 3 N–H and O–H groups in total. The molecule has 0 spiro atoms. The maximum absolute atomic E-state index is 11.7. The minimum absolute atomic E-state index is 0.0153. The van der Waals surface area contributed by atoms with Gasteiger partial charge in [0.1, 0.15) is 18.1 Å². The number of pyridine rings is 1. The standard InChI is InChI=1S/C19H22N2O3.C9H7F3O2.CH5N/c1-21-8-6-18(7-9-21)24-19-17(13-23)10-16(11-20-19)15-4-2-14(12-22)3-5-15;10-9(11,12)14-8-3-1-7(2-4-8)5-6-13;1-2/h2-5,10-11,13,18,22H,6-9,12H2,1H3;1-4,6H,5H2;2H2,1H3. The van der Waals surface area contributed by atoms with Crippen molar-refractivity contribution in [1.82, 2.24) is 9.88 Å². The van der Waals surface area contributed by atoms with E-state index in [-0.39, 0.29) is 24.9 Å². The smallest absolute Gasteiger partial charge is 0.474 e. The number of hydrogen-bond acceptors (Lipinski definition) is 8. The SMILES string of the molecule is CN.CN1CCC(Oc2ncc(-c3ccc(CO)cc3)cc2C=O)CC1.O=CCc1ccc(OC(F)(F)F)cc1. The summed E-state index contributed by atoms with van der Waals surface area (Å²) in [5.74, 6) is 0.127. The molecule has 0 unspecified atom stereocenters. The third kappa shape index (κ3) is 10.8. The van der Waals surface area contributed by atoms with E-state index in [2.05, 4.69) is 27.4 Å². The largest absolute Gasteiger partial charge is 0.573 e. The summed E-state index contributed by atoms with van der Waals surface area (Å²) in [6.07, 6.45) is 0.718. The van der Waals surface area contributed by atoms with Gasteiger partial charge >= 0.3 is 6.36 Å². The number of likely N-dealkylation sites (tertiary alicyclic amines) is 1. The van der Waals surface area contributed by atoms with Gasteiger partial charge in [-0.15, -0.1) is 13.2 Å². The molecule has 216 valence electrons. The summed E-state index contributed by atoms with van der Waals surface area (Å²) in [6.45, 7) is 2.01. The normalized spacial score (nSPS) is 13.7. The van der Waals surface area contributed by atoms with Gasteiger partial charge in [-0.3, -0.25) is 4.79 Å². The lowest BCUT2D eigenvalue weighted by Crippen LogP contribution is -2.35. The molecule has 3 aromatic rings. The van der Waals surface area contributed by atoms with Crippen LogP contribution in [0.25, 0.3) is 11.1 Å². The molecule has 1 saturated heterocycles. The number of benzene rings is 2. The van der Waals surface area contributed by atoms with Crippen LogP contribution >= 0.6 is 0 Å². The Kier molecular flexibility index (Phi) is 13.2. The van der Waals surface area contributed by atoms with E-state index in [9.17, 15) is 22.8 Å². The van der Waals surface area contributed by atoms with Crippen molar-refractivity contribution in [2.45, 2.75) is 38.3 Å². The molecular formula is C29H34F3N3O5. The van der Waals surface area contributed by atoms with Gasteiger partial charge in [-0.1, -0.05) is 36.4 Å². The molecular weight excluding hydrogens is 527 g/mol. The van der Waals surface area contributed by atoms with Gasteiger partial charge in [0.05, 0.1) is 12.2 Å². The minimum Gasteiger partial charge on any atom is -0.474 e. The molecule has 8 nitrogen and oxygen atoms in total. The number of halogens is 3. The number of aromatic nitrogens is 1. The summed E-state index contributed by atoms with van der Waals surface area (Å²) in [5.41, 5.74) is 8.28. The van der Waals surface area contributed by atoms with E-state index in [0.717, 1.165) is 48.9 Å². The maximum Gasteiger partial charge on any atom is 0.573 e. The van der Waals surface area contributed by atoms with Crippen LogP contribution in [0.3, 0.4) is 0 Å². The topological polar surface area (TPSA) is 115 Å². The first kappa shape index (κ1) is 32.4. The predicted molar refractivity (Wildman–Crippen MR) is 145 cm³/mol. The van der Waals surface area contributed by atoms with Gasteiger partial charge in [0.2, 0.25) is 5.88 Å². The molecule has 0 saturated carbocycles. The minimum atomic E-state index is -4.67. The van der Waals surface area contributed by atoms with E-state index in [4.69, 9.17) is 9.84 Å². The van der Waals surface area contributed by atoms with Crippen LogP contribution in [0.4, 0.5) is 13.2 Å². The maximum atomic E-state index is 11.7. The van der Waals surface area contributed by atoms with Crippen LogP contribution in [0, 0.1) is 0 Å². The van der Waals surface area contributed by atoms with Crippen molar-refractivity contribution in [2.75, 3.05) is 27.2 Å². The highest BCUT2D eigenvalue weighted by molar-refractivity contribution is 5.81. The van der Waals surface area contributed by atoms with E-state index in [1.165, 1.54) is 31.3 Å². The molecule has 1 fully saturated rings. The van der Waals surface area contributed by atoms with Gasteiger partial charge in [-0.25, -0.2) is 4.98 Å². The lowest BCUT2D eigenvalue weighted by molar-refractivity contribution is -0.274. The molecule has 4 rings (SSSR count). The number of aliphatic hydroxyl groups is 1. The average Bonchev–Trinajstić information content (AvgIpc) is 2.96. The number of nitrogens with two attached hydrogens (primary N) is 1. The zero-order valence-corrected chi connectivity index (χ0v) is 22.4. The Morgan fingerprint density at radius 2 is 1.60 bits per heavy atom. The second kappa shape index (κ2) is 16.3. The number of carbonyl (C=O) groups is 2. The fourth-order valence-electron chi connectivity index (χ4n) is 3.80. The van der Waals surface area contributed by atoms with E-state index in [1.807, 2.05) is 24.3 Å². The van der Waals surface area contributed by atoms with E-state index >= 15 is 0 Å². The Morgan fingerprint density at radius 3 is 2.12 bits per heavy atom. The van der Waals surface area contributed by atoms with Gasteiger partial charge in [-0.2, -0.15) is 0 Å². The number of aliphatic hydroxyl groups excluding tert-OH is 1. The fraction of sp³-hybridized carbons (Fsp3) is 0.345. The zero-order chi connectivity index (χ0) is 29.5. The fourth-order valence-corrected chi connectivity index (χ4v) is 3.80. The Bertz CT molecular complexity index is 1180. The van der Waals surface area contributed by atoms with Gasteiger partial charge in [-0.05, 0) is 61.8 Å². The number of hydrogen-bond donors (Lipinski definition) is 2. The number of ether oxygens (including phenoxy) is 2. The lowest BCUT2D eigenvalue weighted by atomic mass is 10.0.